The third kappa shape index (κ3) is 2.51. The van der Waals surface area contributed by atoms with Crippen LogP contribution >= 0.6 is 0 Å². The van der Waals surface area contributed by atoms with E-state index in [0.717, 1.165) is 0 Å². The normalized spacial score (nSPS) is 22.8. The van der Waals surface area contributed by atoms with Crippen molar-refractivity contribution in [1.82, 2.24) is 14.3 Å². The van der Waals surface area contributed by atoms with E-state index in [1.807, 2.05) is 13.8 Å². The number of carbonyl (C=O) groups excluding carboxylic acids is 1. The first-order valence-corrected chi connectivity index (χ1v) is 7.04. The van der Waals surface area contributed by atoms with Gasteiger partial charge in [-0.15, -0.1) is 0 Å². The molecule has 0 N–H and O–H groups in total. The molecule has 112 valence electrons. The summed E-state index contributed by atoms with van der Waals surface area (Å²) >= 11 is 0. The summed E-state index contributed by atoms with van der Waals surface area (Å²) in [6, 6.07) is 2.92. The first kappa shape index (κ1) is 14.0. The van der Waals surface area contributed by atoms with Crippen LogP contribution < -0.4 is 0 Å². The van der Waals surface area contributed by atoms with Crippen LogP contribution in [0.15, 0.2) is 18.3 Å². The second-order valence-electron chi connectivity index (χ2n) is 5.59. The quantitative estimate of drug-likeness (QED) is 0.807. The van der Waals surface area contributed by atoms with Crippen molar-refractivity contribution in [2.45, 2.75) is 33.0 Å². The standard InChI is InChI=1S/C15H18FN3O2/c1-9-6-18(7-10(2)21-9)15(20)14-11(3)17-13-5-4-12(16)8-19(13)14/h4-5,8-10H,6-7H2,1-3H3. The number of morpholine rings is 1. The number of hydrogen-bond donors (Lipinski definition) is 0. The van der Waals surface area contributed by atoms with Crippen molar-refractivity contribution < 1.29 is 13.9 Å². The number of ether oxygens (including phenoxy) is 1. The Kier molecular flexibility index (Phi) is 3.41. The van der Waals surface area contributed by atoms with Crippen LogP contribution in [0.5, 0.6) is 0 Å². The average molecular weight is 291 g/mol. The Labute approximate surface area is 122 Å². The van der Waals surface area contributed by atoms with Crippen molar-refractivity contribution >= 4 is 11.6 Å². The van der Waals surface area contributed by atoms with Crippen LogP contribution in [-0.2, 0) is 4.74 Å². The Balaban J connectivity index is 2.01. The summed E-state index contributed by atoms with van der Waals surface area (Å²) in [4.78, 5) is 18.9. The minimum Gasteiger partial charge on any atom is -0.372 e. The SMILES string of the molecule is Cc1nc2ccc(F)cn2c1C(=O)N1CC(C)OC(C)C1. The zero-order valence-electron chi connectivity index (χ0n) is 12.3. The van der Waals surface area contributed by atoms with Crippen LogP contribution in [0.4, 0.5) is 4.39 Å². The molecule has 2 aromatic heterocycles. The van der Waals surface area contributed by atoms with Gasteiger partial charge in [-0.25, -0.2) is 9.37 Å². The number of carbonyl (C=O) groups is 1. The summed E-state index contributed by atoms with van der Waals surface area (Å²) in [6.45, 7) is 6.72. The Bertz CT molecular complexity index is 688. The lowest BCUT2D eigenvalue weighted by atomic mass is 10.2. The maximum atomic E-state index is 13.5. The Morgan fingerprint density at radius 1 is 1.33 bits per heavy atom. The minimum absolute atomic E-state index is 0.00562. The first-order chi connectivity index (χ1) is 9.95. The summed E-state index contributed by atoms with van der Waals surface area (Å²) in [7, 11) is 0. The van der Waals surface area contributed by atoms with Gasteiger partial charge < -0.3 is 9.64 Å². The molecule has 6 heteroatoms. The van der Waals surface area contributed by atoms with E-state index >= 15 is 0 Å². The van der Waals surface area contributed by atoms with Crippen molar-refractivity contribution in [3.8, 4) is 0 Å². The van der Waals surface area contributed by atoms with E-state index in [9.17, 15) is 9.18 Å². The predicted molar refractivity (Wildman–Crippen MR) is 75.8 cm³/mol. The molecule has 1 amide bonds. The fraction of sp³-hybridized carbons (Fsp3) is 0.467. The molecule has 3 heterocycles. The van der Waals surface area contributed by atoms with Gasteiger partial charge >= 0.3 is 0 Å². The molecule has 0 radical (unpaired) electrons. The molecule has 21 heavy (non-hydrogen) atoms. The molecule has 2 unspecified atom stereocenters. The van der Waals surface area contributed by atoms with Gasteiger partial charge in [0.2, 0.25) is 0 Å². The van der Waals surface area contributed by atoms with Gasteiger partial charge in [0.15, 0.2) is 0 Å². The minimum atomic E-state index is -0.391. The molecule has 0 bridgehead atoms. The van der Waals surface area contributed by atoms with Gasteiger partial charge in [-0.05, 0) is 32.9 Å². The van der Waals surface area contributed by atoms with Gasteiger partial charge in [0.05, 0.1) is 17.9 Å². The lowest BCUT2D eigenvalue weighted by Crippen LogP contribution is -2.48. The number of pyridine rings is 1. The highest BCUT2D eigenvalue weighted by Crippen LogP contribution is 2.18. The summed E-state index contributed by atoms with van der Waals surface area (Å²) < 4.78 is 20.6. The van der Waals surface area contributed by atoms with Crippen LogP contribution in [0.3, 0.4) is 0 Å². The van der Waals surface area contributed by atoms with Crippen molar-refractivity contribution in [3.63, 3.8) is 0 Å². The van der Waals surface area contributed by atoms with Crippen molar-refractivity contribution in [1.29, 1.82) is 0 Å². The van der Waals surface area contributed by atoms with E-state index in [4.69, 9.17) is 4.74 Å². The number of rotatable bonds is 1. The van der Waals surface area contributed by atoms with Crippen molar-refractivity contribution in [2.24, 2.45) is 0 Å². The molecule has 3 rings (SSSR count). The molecule has 1 aliphatic rings. The van der Waals surface area contributed by atoms with Gasteiger partial charge in [-0.1, -0.05) is 0 Å². The first-order valence-electron chi connectivity index (χ1n) is 7.04. The molecular formula is C15H18FN3O2. The van der Waals surface area contributed by atoms with Crippen LogP contribution in [0.25, 0.3) is 5.65 Å². The Hall–Kier alpha value is -1.95. The van der Waals surface area contributed by atoms with E-state index in [1.54, 1.807) is 17.9 Å². The molecular weight excluding hydrogens is 273 g/mol. The van der Waals surface area contributed by atoms with E-state index in [0.29, 0.717) is 30.1 Å². The highest BCUT2D eigenvalue weighted by atomic mass is 19.1. The Morgan fingerprint density at radius 3 is 2.67 bits per heavy atom. The zero-order valence-corrected chi connectivity index (χ0v) is 12.3. The maximum absolute atomic E-state index is 13.5. The molecule has 1 fully saturated rings. The lowest BCUT2D eigenvalue weighted by Gasteiger charge is -2.35. The molecule has 0 aliphatic carbocycles. The monoisotopic (exact) mass is 291 g/mol. The summed E-state index contributed by atoms with van der Waals surface area (Å²) in [5.74, 6) is -0.523. The second-order valence-corrected chi connectivity index (χ2v) is 5.59. The van der Waals surface area contributed by atoms with E-state index < -0.39 is 5.82 Å². The number of fused-ring (bicyclic) bond motifs is 1. The molecule has 2 aromatic rings. The van der Waals surface area contributed by atoms with E-state index in [1.165, 1.54) is 16.7 Å². The zero-order chi connectivity index (χ0) is 15.1. The highest BCUT2D eigenvalue weighted by molar-refractivity contribution is 5.94. The summed E-state index contributed by atoms with van der Waals surface area (Å²) in [5, 5.41) is 0. The van der Waals surface area contributed by atoms with E-state index in [2.05, 4.69) is 4.98 Å². The van der Waals surface area contributed by atoms with Gasteiger partial charge in [0.1, 0.15) is 17.2 Å². The number of nitrogens with zero attached hydrogens (tertiary/aromatic N) is 3. The van der Waals surface area contributed by atoms with E-state index in [-0.39, 0.29) is 18.1 Å². The molecule has 5 nitrogen and oxygen atoms in total. The molecule has 0 aromatic carbocycles. The third-order valence-corrected chi connectivity index (χ3v) is 3.67. The summed E-state index contributed by atoms with van der Waals surface area (Å²) in [5.41, 5.74) is 1.61. The fourth-order valence-corrected chi connectivity index (χ4v) is 2.89. The smallest absolute Gasteiger partial charge is 0.272 e. The maximum Gasteiger partial charge on any atom is 0.272 e. The largest absolute Gasteiger partial charge is 0.372 e. The topological polar surface area (TPSA) is 46.8 Å². The fourth-order valence-electron chi connectivity index (χ4n) is 2.89. The van der Waals surface area contributed by atoms with Crippen molar-refractivity contribution in [3.05, 3.63) is 35.5 Å². The summed E-state index contributed by atoms with van der Waals surface area (Å²) in [6.07, 6.45) is 1.29. The van der Waals surface area contributed by atoms with Crippen LogP contribution in [0, 0.1) is 12.7 Å². The van der Waals surface area contributed by atoms with Crippen molar-refractivity contribution in [2.75, 3.05) is 13.1 Å². The number of aromatic nitrogens is 2. The van der Waals surface area contributed by atoms with Gasteiger partial charge in [-0.3, -0.25) is 9.20 Å². The number of aryl methyl sites for hydroxylation is 1. The molecule has 0 spiro atoms. The third-order valence-electron chi connectivity index (χ3n) is 3.67. The highest BCUT2D eigenvalue weighted by Gasteiger charge is 2.29. The second kappa shape index (κ2) is 5.11. The predicted octanol–water partition coefficient (Wildman–Crippen LogP) is 2.03. The lowest BCUT2D eigenvalue weighted by molar-refractivity contribution is -0.0587. The molecule has 2 atom stereocenters. The van der Waals surface area contributed by atoms with Gasteiger partial charge in [0.25, 0.3) is 5.91 Å². The number of amides is 1. The molecule has 1 saturated heterocycles. The van der Waals surface area contributed by atoms with Crippen LogP contribution in [-0.4, -0.2) is 45.5 Å². The number of imidazole rings is 1. The molecule has 1 aliphatic heterocycles. The average Bonchev–Trinajstić information content (AvgIpc) is 2.72. The van der Waals surface area contributed by atoms with Crippen LogP contribution in [0.2, 0.25) is 0 Å². The van der Waals surface area contributed by atoms with Gasteiger partial charge in [0, 0.05) is 19.3 Å². The molecule has 0 saturated carbocycles. The Morgan fingerprint density at radius 2 is 2.00 bits per heavy atom. The number of halogens is 1. The van der Waals surface area contributed by atoms with Gasteiger partial charge in [-0.2, -0.15) is 0 Å². The number of hydrogen-bond acceptors (Lipinski definition) is 3. The van der Waals surface area contributed by atoms with Crippen LogP contribution in [0.1, 0.15) is 30.0 Å².